The number of phenols is 1. The van der Waals surface area contributed by atoms with Gasteiger partial charge in [0.15, 0.2) is 0 Å². The van der Waals surface area contributed by atoms with Gasteiger partial charge in [-0.25, -0.2) is 0 Å². The lowest BCUT2D eigenvalue weighted by Gasteiger charge is -2.32. The molecule has 5 nitrogen and oxygen atoms in total. The fourth-order valence-electron chi connectivity index (χ4n) is 3.29. The number of carbonyl (C=O) groups is 1. The predicted octanol–water partition coefficient (Wildman–Crippen LogP) is 4.36. The Bertz CT molecular complexity index is 1080. The molecule has 1 heterocycles. The minimum absolute atomic E-state index is 0.0854. The van der Waals surface area contributed by atoms with Gasteiger partial charge in [-0.05, 0) is 35.4 Å². The highest BCUT2D eigenvalue weighted by molar-refractivity contribution is 9.10. The largest absolute Gasteiger partial charge is 0.507 e. The molecule has 1 amide bonds. The van der Waals surface area contributed by atoms with E-state index in [2.05, 4.69) is 15.9 Å². The number of hydrogen-bond acceptors (Lipinski definition) is 4. The van der Waals surface area contributed by atoms with Crippen molar-refractivity contribution in [1.82, 2.24) is 5.06 Å². The first-order chi connectivity index (χ1) is 14.0. The Kier molecular flexibility index (Phi) is 5.24. The Balaban J connectivity index is 1.76. The Hall–Kier alpha value is -2.93. The van der Waals surface area contributed by atoms with Crippen LogP contribution in [0.25, 0.3) is 5.57 Å². The third kappa shape index (κ3) is 3.70. The number of hydrogen-bond donors (Lipinski definition) is 2. The van der Waals surface area contributed by atoms with Crippen LogP contribution in [0.3, 0.4) is 0 Å². The first kappa shape index (κ1) is 19.4. The molecule has 29 heavy (non-hydrogen) atoms. The molecule has 0 saturated heterocycles. The van der Waals surface area contributed by atoms with Crippen LogP contribution in [0.15, 0.2) is 89.4 Å². The van der Waals surface area contributed by atoms with Crippen LogP contribution in [0, 0.1) is 0 Å². The number of phenolic OH excluding ortho intramolecular Hbond substituents is 1. The number of carbonyl (C=O) groups excluding carboxylic acids is 1. The molecule has 0 bridgehead atoms. The molecule has 2 N–H and O–H groups in total. The van der Waals surface area contributed by atoms with Gasteiger partial charge >= 0.3 is 0 Å². The normalized spacial score (nSPS) is 18.8. The molecule has 3 aromatic carbocycles. The van der Waals surface area contributed by atoms with Crippen LogP contribution in [0.5, 0.6) is 5.75 Å². The highest BCUT2D eigenvalue weighted by Crippen LogP contribution is 2.42. The molecular weight excluding hydrogens is 434 g/mol. The first-order valence-corrected chi connectivity index (χ1v) is 9.79. The van der Waals surface area contributed by atoms with E-state index in [1.54, 1.807) is 36.4 Å². The van der Waals surface area contributed by atoms with Crippen LogP contribution in [0.2, 0.25) is 0 Å². The first-order valence-electron chi connectivity index (χ1n) is 9.00. The van der Waals surface area contributed by atoms with E-state index in [4.69, 9.17) is 4.84 Å². The second-order valence-electron chi connectivity index (χ2n) is 6.67. The summed E-state index contributed by atoms with van der Waals surface area (Å²) in [7, 11) is 0. The van der Waals surface area contributed by atoms with E-state index in [0.717, 1.165) is 15.1 Å². The number of rotatable bonds is 5. The lowest BCUT2D eigenvalue weighted by Crippen LogP contribution is -2.44. The quantitative estimate of drug-likeness (QED) is 0.604. The summed E-state index contributed by atoms with van der Waals surface area (Å²) in [6.45, 7) is 0.0854. The third-order valence-electron chi connectivity index (χ3n) is 4.71. The molecule has 0 aliphatic carbocycles. The number of aliphatic hydroxyl groups is 1. The number of benzene rings is 3. The monoisotopic (exact) mass is 451 g/mol. The van der Waals surface area contributed by atoms with Gasteiger partial charge in [-0.3, -0.25) is 9.63 Å². The maximum absolute atomic E-state index is 13.2. The van der Waals surface area contributed by atoms with Gasteiger partial charge in [0.1, 0.15) is 12.4 Å². The van der Waals surface area contributed by atoms with Gasteiger partial charge in [-0.15, -0.1) is 0 Å². The van der Waals surface area contributed by atoms with Crippen molar-refractivity contribution in [2.24, 2.45) is 0 Å². The van der Waals surface area contributed by atoms with Crippen molar-refractivity contribution in [3.05, 3.63) is 106 Å². The van der Waals surface area contributed by atoms with Crippen LogP contribution in [-0.4, -0.2) is 21.2 Å². The van der Waals surface area contributed by atoms with E-state index in [0.29, 0.717) is 5.56 Å². The predicted molar refractivity (Wildman–Crippen MR) is 112 cm³/mol. The summed E-state index contributed by atoms with van der Waals surface area (Å²) >= 11 is 3.40. The van der Waals surface area contributed by atoms with Crippen molar-refractivity contribution < 1.29 is 19.8 Å². The molecule has 6 heteroatoms. The van der Waals surface area contributed by atoms with Gasteiger partial charge < -0.3 is 10.2 Å². The smallest absolute Gasteiger partial charge is 0.281 e. The minimum atomic E-state index is -1.95. The van der Waals surface area contributed by atoms with E-state index in [9.17, 15) is 15.0 Å². The summed E-state index contributed by atoms with van der Waals surface area (Å²) in [6, 6.07) is 22.9. The summed E-state index contributed by atoms with van der Waals surface area (Å²) in [5.41, 5.74) is -0.0362. The van der Waals surface area contributed by atoms with Gasteiger partial charge in [0, 0.05) is 4.47 Å². The van der Waals surface area contributed by atoms with E-state index in [-0.39, 0.29) is 23.5 Å². The summed E-state index contributed by atoms with van der Waals surface area (Å²) < 4.78 is 0.804. The van der Waals surface area contributed by atoms with Gasteiger partial charge in [0.2, 0.25) is 5.72 Å². The third-order valence-corrected chi connectivity index (χ3v) is 5.20. The number of halogens is 1. The van der Waals surface area contributed by atoms with E-state index >= 15 is 0 Å². The fourth-order valence-corrected chi connectivity index (χ4v) is 3.69. The maximum Gasteiger partial charge on any atom is 0.281 e. The van der Waals surface area contributed by atoms with E-state index in [1.807, 2.05) is 36.4 Å². The van der Waals surface area contributed by atoms with Crippen molar-refractivity contribution in [1.29, 1.82) is 0 Å². The van der Waals surface area contributed by atoms with Crippen LogP contribution in [0.4, 0.5) is 0 Å². The average molecular weight is 452 g/mol. The summed E-state index contributed by atoms with van der Waals surface area (Å²) in [6.07, 6.45) is 1.41. The van der Waals surface area contributed by atoms with Crippen molar-refractivity contribution in [3.63, 3.8) is 0 Å². The number of para-hydroxylation sites is 1. The van der Waals surface area contributed by atoms with Gasteiger partial charge in [-0.1, -0.05) is 76.6 Å². The molecular formula is C23H18BrNO4. The Labute approximate surface area is 176 Å². The van der Waals surface area contributed by atoms with Crippen molar-refractivity contribution >= 4 is 27.4 Å². The van der Waals surface area contributed by atoms with Crippen molar-refractivity contribution in [3.8, 4) is 5.75 Å². The molecule has 146 valence electrons. The topological polar surface area (TPSA) is 70.0 Å². The van der Waals surface area contributed by atoms with E-state index < -0.39 is 11.6 Å². The van der Waals surface area contributed by atoms with Gasteiger partial charge in [0.25, 0.3) is 5.91 Å². The molecule has 1 unspecified atom stereocenters. The second kappa shape index (κ2) is 7.83. The molecule has 0 spiro atoms. The number of hydroxylamine groups is 2. The lowest BCUT2D eigenvalue weighted by molar-refractivity contribution is -0.262. The molecule has 0 saturated carbocycles. The van der Waals surface area contributed by atoms with Crippen LogP contribution < -0.4 is 0 Å². The van der Waals surface area contributed by atoms with Crippen LogP contribution >= 0.6 is 15.9 Å². The minimum Gasteiger partial charge on any atom is -0.507 e. The average Bonchev–Trinajstić information content (AvgIpc) is 2.98. The zero-order valence-electron chi connectivity index (χ0n) is 15.3. The zero-order valence-corrected chi connectivity index (χ0v) is 16.9. The highest BCUT2D eigenvalue weighted by atomic mass is 79.9. The number of aromatic hydroxyl groups is 1. The highest BCUT2D eigenvalue weighted by Gasteiger charge is 2.48. The molecule has 0 fully saturated rings. The fraction of sp³-hybridized carbons (Fsp3) is 0.0870. The van der Waals surface area contributed by atoms with Gasteiger partial charge in [-0.2, -0.15) is 5.06 Å². The molecule has 4 rings (SSSR count). The second-order valence-corrected chi connectivity index (χ2v) is 7.59. The molecule has 1 aliphatic rings. The van der Waals surface area contributed by atoms with E-state index in [1.165, 1.54) is 12.1 Å². The summed E-state index contributed by atoms with van der Waals surface area (Å²) in [5, 5.41) is 22.7. The molecule has 0 aromatic heterocycles. The lowest BCUT2D eigenvalue weighted by atomic mass is 10.00. The summed E-state index contributed by atoms with van der Waals surface area (Å²) in [4.78, 5) is 19.0. The van der Waals surface area contributed by atoms with Crippen molar-refractivity contribution in [2.45, 2.75) is 12.3 Å². The number of amides is 1. The standard InChI is InChI=1S/C23H18BrNO4/c24-18-10-6-9-17(13-18)19-14-23(28,20-11-4-5-12-21(20)26)25(22(19)27)29-15-16-7-2-1-3-8-16/h1-14,26,28H,15H2. The van der Waals surface area contributed by atoms with Crippen molar-refractivity contribution in [2.75, 3.05) is 0 Å². The molecule has 3 aromatic rings. The Morgan fingerprint density at radius 2 is 1.69 bits per heavy atom. The number of nitrogens with zero attached hydrogens (tertiary/aromatic N) is 1. The summed E-state index contributed by atoms with van der Waals surface area (Å²) in [5.74, 6) is -0.632. The SMILES string of the molecule is O=C1C(c2cccc(Br)c2)=CC(O)(c2ccccc2O)N1OCc1ccccc1. The van der Waals surface area contributed by atoms with Gasteiger partial charge in [0.05, 0.1) is 11.1 Å². The van der Waals surface area contributed by atoms with Crippen LogP contribution in [-0.2, 0) is 22.0 Å². The Morgan fingerprint density at radius 1 is 0.966 bits per heavy atom. The zero-order chi connectivity index (χ0) is 20.4. The molecule has 1 aliphatic heterocycles. The molecule has 1 atom stereocenters. The molecule has 0 radical (unpaired) electrons. The maximum atomic E-state index is 13.2. The van der Waals surface area contributed by atoms with Crippen LogP contribution in [0.1, 0.15) is 16.7 Å². The Morgan fingerprint density at radius 3 is 2.41 bits per heavy atom.